The first-order valence-electron chi connectivity index (χ1n) is 11.0. The molecule has 2 aliphatic rings. The number of fused-ring (bicyclic) bond motifs is 1. The molecule has 5 nitrogen and oxygen atoms in total. The van der Waals surface area contributed by atoms with Gasteiger partial charge in [-0.25, -0.2) is 13.6 Å². The van der Waals surface area contributed by atoms with Crippen molar-refractivity contribution in [3.63, 3.8) is 0 Å². The standard InChI is InChI=1S/C26H27F2N3O2/c1-5-10-31-23-13-21(28)18(11-19(23)16(2)14-26(31,3)4)12-22-24(32)30(25(33)29-22)15-17-8-6-7-9-20(17)27/h6-9,11-14H,5,10,15H2,1-4H3,(H,29,33)/b22-12+. The highest BCUT2D eigenvalue weighted by molar-refractivity contribution is 6.14. The first kappa shape index (κ1) is 22.7. The van der Waals surface area contributed by atoms with Gasteiger partial charge in [-0.05, 0) is 57.0 Å². The SMILES string of the molecule is CCCN1c2cc(F)c(/C=C3/NC(=O)N(Cc4ccccc4F)C3=O)cc2C(C)=CC1(C)C. The zero-order valence-electron chi connectivity index (χ0n) is 19.2. The Morgan fingerprint density at radius 3 is 2.52 bits per heavy atom. The summed E-state index contributed by atoms with van der Waals surface area (Å²) in [7, 11) is 0. The zero-order chi connectivity index (χ0) is 23.9. The Bertz CT molecular complexity index is 1200. The van der Waals surface area contributed by atoms with Gasteiger partial charge in [0, 0.05) is 28.9 Å². The Balaban J connectivity index is 1.68. The number of allylic oxidation sites excluding steroid dienone is 1. The lowest BCUT2D eigenvalue weighted by molar-refractivity contribution is -0.123. The first-order chi connectivity index (χ1) is 15.6. The molecular formula is C26H27F2N3O2. The van der Waals surface area contributed by atoms with Crippen molar-refractivity contribution in [1.82, 2.24) is 10.2 Å². The maximum Gasteiger partial charge on any atom is 0.329 e. The van der Waals surface area contributed by atoms with Crippen LogP contribution in [0.15, 0.2) is 48.2 Å². The van der Waals surface area contributed by atoms with E-state index in [9.17, 15) is 14.0 Å². The number of rotatable bonds is 5. The van der Waals surface area contributed by atoms with Crippen molar-refractivity contribution in [3.8, 4) is 0 Å². The second kappa shape index (κ2) is 8.46. The highest BCUT2D eigenvalue weighted by Gasteiger charge is 2.35. The van der Waals surface area contributed by atoms with Gasteiger partial charge in [-0.3, -0.25) is 9.69 Å². The molecule has 0 aliphatic carbocycles. The largest absolute Gasteiger partial charge is 0.362 e. The number of urea groups is 1. The molecule has 3 amide bonds. The molecule has 1 fully saturated rings. The third-order valence-corrected chi connectivity index (χ3v) is 6.09. The van der Waals surface area contributed by atoms with Crippen LogP contribution in [0.5, 0.6) is 0 Å². The molecule has 0 saturated carbocycles. The minimum Gasteiger partial charge on any atom is -0.362 e. The molecule has 1 saturated heterocycles. The molecule has 2 heterocycles. The van der Waals surface area contributed by atoms with Gasteiger partial charge in [-0.1, -0.05) is 31.2 Å². The molecule has 0 aromatic heterocycles. The molecule has 2 aromatic rings. The fraction of sp³-hybridized carbons (Fsp3) is 0.308. The zero-order valence-corrected chi connectivity index (χ0v) is 19.2. The lowest BCUT2D eigenvalue weighted by atomic mass is 9.87. The molecule has 4 rings (SSSR count). The molecule has 7 heteroatoms. The van der Waals surface area contributed by atoms with Crippen molar-refractivity contribution in [1.29, 1.82) is 0 Å². The van der Waals surface area contributed by atoms with E-state index in [1.54, 1.807) is 12.1 Å². The van der Waals surface area contributed by atoms with E-state index in [4.69, 9.17) is 0 Å². The second-order valence-corrected chi connectivity index (χ2v) is 8.99. The molecule has 2 aromatic carbocycles. The molecule has 0 spiro atoms. The van der Waals surface area contributed by atoms with Gasteiger partial charge in [-0.2, -0.15) is 0 Å². The molecule has 33 heavy (non-hydrogen) atoms. The van der Waals surface area contributed by atoms with Crippen LogP contribution in [0.1, 0.15) is 50.8 Å². The fourth-order valence-corrected chi connectivity index (χ4v) is 4.53. The maximum atomic E-state index is 15.2. The molecule has 0 unspecified atom stereocenters. The summed E-state index contributed by atoms with van der Waals surface area (Å²) in [6, 6.07) is 8.49. The van der Waals surface area contributed by atoms with E-state index < -0.39 is 23.6 Å². The third-order valence-electron chi connectivity index (χ3n) is 6.09. The summed E-state index contributed by atoms with van der Waals surface area (Å²) in [4.78, 5) is 28.3. The molecule has 0 radical (unpaired) electrons. The van der Waals surface area contributed by atoms with E-state index in [0.29, 0.717) is 0 Å². The maximum absolute atomic E-state index is 15.2. The van der Waals surface area contributed by atoms with Crippen LogP contribution in [0, 0.1) is 11.6 Å². The second-order valence-electron chi connectivity index (χ2n) is 8.99. The van der Waals surface area contributed by atoms with Gasteiger partial charge in [0.25, 0.3) is 5.91 Å². The Labute approximate surface area is 192 Å². The fourth-order valence-electron chi connectivity index (χ4n) is 4.53. The average Bonchev–Trinajstić information content (AvgIpc) is 3.00. The van der Waals surface area contributed by atoms with Crippen molar-refractivity contribution in [2.75, 3.05) is 11.4 Å². The summed E-state index contributed by atoms with van der Waals surface area (Å²) < 4.78 is 29.2. The van der Waals surface area contributed by atoms with Gasteiger partial charge in [0.15, 0.2) is 0 Å². The number of anilines is 1. The van der Waals surface area contributed by atoms with E-state index in [1.807, 2.05) is 6.92 Å². The first-order valence-corrected chi connectivity index (χ1v) is 11.0. The van der Waals surface area contributed by atoms with Crippen LogP contribution in [0.2, 0.25) is 0 Å². The number of carbonyl (C=O) groups is 2. The van der Waals surface area contributed by atoms with Crippen molar-refractivity contribution < 1.29 is 18.4 Å². The Morgan fingerprint density at radius 2 is 1.82 bits per heavy atom. The highest BCUT2D eigenvalue weighted by Crippen LogP contribution is 2.40. The van der Waals surface area contributed by atoms with Gasteiger partial charge in [0.1, 0.15) is 17.3 Å². The minimum absolute atomic E-state index is 0.0432. The number of nitrogens with zero attached hydrogens (tertiary/aromatic N) is 2. The normalized spacial score (nSPS) is 18.5. The lowest BCUT2D eigenvalue weighted by Gasteiger charge is -2.43. The predicted molar refractivity (Wildman–Crippen MR) is 125 cm³/mol. The van der Waals surface area contributed by atoms with Gasteiger partial charge < -0.3 is 10.2 Å². The number of benzene rings is 2. The van der Waals surface area contributed by atoms with E-state index >= 15 is 4.39 Å². The predicted octanol–water partition coefficient (Wildman–Crippen LogP) is 5.47. The Kier molecular flexibility index (Phi) is 5.82. The van der Waals surface area contributed by atoms with Gasteiger partial charge >= 0.3 is 6.03 Å². The number of amides is 3. The van der Waals surface area contributed by atoms with Gasteiger partial charge in [0.05, 0.1) is 12.1 Å². The molecule has 0 bridgehead atoms. The summed E-state index contributed by atoms with van der Waals surface area (Å²) in [6.07, 6.45) is 4.41. The van der Waals surface area contributed by atoms with Crippen LogP contribution in [0.25, 0.3) is 11.6 Å². The minimum atomic E-state index is -0.667. The number of halogens is 2. The van der Waals surface area contributed by atoms with Crippen LogP contribution in [-0.4, -0.2) is 28.9 Å². The summed E-state index contributed by atoms with van der Waals surface area (Å²) >= 11 is 0. The van der Waals surface area contributed by atoms with Crippen molar-refractivity contribution in [3.05, 3.63) is 76.5 Å². The van der Waals surface area contributed by atoms with Crippen LogP contribution >= 0.6 is 0 Å². The summed E-state index contributed by atoms with van der Waals surface area (Å²) in [5.74, 6) is -1.61. The summed E-state index contributed by atoms with van der Waals surface area (Å²) in [6.45, 7) is 8.84. The van der Waals surface area contributed by atoms with Crippen LogP contribution in [-0.2, 0) is 11.3 Å². The molecule has 172 valence electrons. The lowest BCUT2D eigenvalue weighted by Crippen LogP contribution is -2.45. The van der Waals surface area contributed by atoms with Crippen LogP contribution < -0.4 is 10.2 Å². The number of hydrogen-bond donors (Lipinski definition) is 1. The quantitative estimate of drug-likeness (QED) is 0.485. The van der Waals surface area contributed by atoms with E-state index in [2.05, 4.69) is 37.1 Å². The number of imide groups is 1. The van der Waals surface area contributed by atoms with Crippen molar-refractivity contribution >= 4 is 29.3 Å². The van der Waals surface area contributed by atoms with E-state index in [0.717, 1.165) is 34.7 Å². The number of carbonyl (C=O) groups excluding carboxylic acids is 2. The van der Waals surface area contributed by atoms with E-state index in [1.165, 1.54) is 30.3 Å². The number of nitrogens with one attached hydrogen (secondary N) is 1. The monoisotopic (exact) mass is 451 g/mol. The molecule has 1 N–H and O–H groups in total. The van der Waals surface area contributed by atoms with E-state index in [-0.39, 0.29) is 28.9 Å². The number of hydrogen-bond acceptors (Lipinski definition) is 3. The van der Waals surface area contributed by atoms with Crippen molar-refractivity contribution in [2.24, 2.45) is 0 Å². The van der Waals surface area contributed by atoms with Crippen LogP contribution in [0.3, 0.4) is 0 Å². The summed E-state index contributed by atoms with van der Waals surface area (Å²) in [5, 5.41) is 2.49. The summed E-state index contributed by atoms with van der Waals surface area (Å²) in [5.41, 5.74) is 2.85. The smallest absolute Gasteiger partial charge is 0.329 e. The molecule has 2 aliphatic heterocycles. The molecular weight excluding hydrogens is 424 g/mol. The van der Waals surface area contributed by atoms with Crippen LogP contribution in [0.4, 0.5) is 19.3 Å². The third kappa shape index (κ3) is 4.15. The van der Waals surface area contributed by atoms with Gasteiger partial charge in [-0.15, -0.1) is 0 Å². The Hall–Kier alpha value is -3.48. The highest BCUT2D eigenvalue weighted by atomic mass is 19.1. The van der Waals surface area contributed by atoms with Gasteiger partial charge in [0.2, 0.25) is 0 Å². The molecule has 0 atom stereocenters. The van der Waals surface area contributed by atoms with Crippen molar-refractivity contribution in [2.45, 2.75) is 46.2 Å². The average molecular weight is 452 g/mol. The topological polar surface area (TPSA) is 52.7 Å². The Morgan fingerprint density at radius 1 is 1.09 bits per heavy atom.